The second kappa shape index (κ2) is 14.2. The zero-order valence-corrected chi connectivity index (χ0v) is 30.7. The number of H-pyrrole nitrogens is 1. The molecule has 2 aliphatic heterocycles. The van der Waals surface area contributed by atoms with E-state index in [-0.39, 0.29) is 12.1 Å². The number of hydrogen-bond acceptors (Lipinski definition) is 10. The molecule has 6 rings (SSSR count). The van der Waals surface area contributed by atoms with Gasteiger partial charge in [0.2, 0.25) is 5.95 Å². The van der Waals surface area contributed by atoms with E-state index in [1.807, 2.05) is 45.0 Å². The van der Waals surface area contributed by atoms with Crippen LogP contribution in [-0.4, -0.2) is 82.5 Å². The summed E-state index contributed by atoms with van der Waals surface area (Å²) in [6.45, 7) is 16.4. The molecule has 4 heterocycles. The number of para-hydroxylation sites is 2. The van der Waals surface area contributed by atoms with E-state index in [0.717, 1.165) is 71.9 Å². The molecule has 4 aromatic rings. The smallest absolute Gasteiger partial charge is 0.231 e. The van der Waals surface area contributed by atoms with Crippen molar-refractivity contribution in [2.24, 2.45) is 0 Å². The lowest BCUT2D eigenvalue weighted by Gasteiger charge is -2.36. The highest BCUT2D eigenvalue weighted by atomic mass is 32.2. The molecule has 0 radical (unpaired) electrons. The second-order valence-corrected chi connectivity index (χ2v) is 18.2. The number of hydrogen-bond donors (Lipinski definition) is 3. The van der Waals surface area contributed by atoms with Crippen LogP contribution in [0.25, 0.3) is 11.0 Å². The quantitative estimate of drug-likeness (QED) is 0.136. The number of fused-ring (bicyclic) bond motifs is 1. The predicted molar refractivity (Wildman–Crippen MR) is 196 cm³/mol. The van der Waals surface area contributed by atoms with Crippen molar-refractivity contribution >= 4 is 52.2 Å². The number of ether oxygens (including phenoxy) is 1. The fraction of sp³-hybridized carbons (Fsp3) is 0.514. The number of sulfone groups is 1. The maximum absolute atomic E-state index is 12.1. The van der Waals surface area contributed by atoms with Crippen LogP contribution in [0.5, 0.6) is 11.5 Å². The Bertz CT molecular complexity index is 1870. The summed E-state index contributed by atoms with van der Waals surface area (Å²) >= 11 is 0. The number of nitrogens with zero attached hydrogens (tertiary/aromatic N) is 4. The third-order valence-corrected chi connectivity index (χ3v) is 13.1. The molecule has 2 aliphatic rings. The van der Waals surface area contributed by atoms with Crippen LogP contribution in [0.4, 0.5) is 23.1 Å². The first-order valence-corrected chi connectivity index (χ1v) is 20.5. The van der Waals surface area contributed by atoms with Crippen LogP contribution >= 0.6 is 8.15 Å². The minimum atomic E-state index is -2.89. The molecule has 2 fully saturated rings. The maximum atomic E-state index is 12.1. The van der Waals surface area contributed by atoms with E-state index in [1.54, 1.807) is 0 Å². The van der Waals surface area contributed by atoms with E-state index in [9.17, 15) is 8.42 Å². The molecule has 13 heteroatoms. The van der Waals surface area contributed by atoms with Crippen molar-refractivity contribution in [3.63, 3.8) is 0 Å². The Balaban J connectivity index is 1.27. The topological polar surface area (TPSA) is 134 Å². The van der Waals surface area contributed by atoms with Gasteiger partial charge in [0.15, 0.2) is 15.5 Å². The average molecular weight is 694 g/mol. The molecule has 2 aromatic carbocycles. The van der Waals surface area contributed by atoms with Crippen LogP contribution in [0, 0.1) is 13.8 Å². The van der Waals surface area contributed by atoms with Crippen LogP contribution in [0.15, 0.2) is 36.4 Å². The molecule has 258 valence electrons. The number of aryl methyl sites for hydroxylation is 2. The molecule has 2 atom stereocenters. The molecule has 3 N–H and O–H groups in total. The van der Waals surface area contributed by atoms with Gasteiger partial charge in [0, 0.05) is 17.4 Å². The van der Waals surface area contributed by atoms with Crippen molar-refractivity contribution in [1.82, 2.24) is 25.1 Å². The Morgan fingerprint density at radius 3 is 2.42 bits per heavy atom. The standard InChI is InChI=1S/C35H48N7O4PS/c1-21(2)45-31-19-27(25-12-15-42(16-13-25)26-14-17-48(43,44)20-26)23(5)18-29(31)37-35-38-33(32-24(6)40-41-34(32)39-35)36-28-10-8-9-11-30(28)46-47(7)22(3)4/h8-11,18-19,21-22,25-26H,12-17,20H2,1-7H3,(H3,36,37,38,39,40,41). The number of piperidine rings is 1. The zero-order valence-electron chi connectivity index (χ0n) is 29.0. The van der Waals surface area contributed by atoms with Gasteiger partial charge in [0.25, 0.3) is 0 Å². The Kier molecular flexibility index (Phi) is 10.2. The summed E-state index contributed by atoms with van der Waals surface area (Å²) in [4.78, 5) is 12.1. The van der Waals surface area contributed by atoms with E-state index in [4.69, 9.17) is 19.2 Å². The van der Waals surface area contributed by atoms with Gasteiger partial charge in [-0.05, 0) is 108 Å². The van der Waals surface area contributed by atoms with Crippen molar-refractivity contribution in [2.45, 2.75) is 84.5 Å². The van der Waals surface area contributed by atoms with Gasteiger partial charge in [-0.15, -0.1) is 0 Å². The third-order valence-electron chi connectivity index (χ3n) is 9.38. The van der Waals surface area contributed by atoms with Gasteiger partial charge in [0.1, 0.15) is 17.3 Å². The summed E-state index contributed by atoms with van der Waals surface area (Å²) in [5.41, 5.74) is 5.88. The van der Waals surface area contributed by atoms with Gasteiger partial charge in [-0.3, -0.25) is 10.00 Å². The summed E-state index contributed by atoms with van der Waals surface area (Å²) in [5, 5.41) is 15.3. The number of anilines is 4. The first kappa shape index (κ1) is 34.4. The van der Waals surface area contributed by atoms with Crippen molar-refractivity contribution in [1.29, 1.82) is 0 Å². The fourth-order valence-corrected chi connectivity index (χ4v) is 9.05. The van der Waals surface area contributed by atoms with Crippen molar-refractivity contribution < 1.29 is 17.7 Å². The average Bonchev–Trinajstić information content (AvgIpc) is 3.60. The molecule has 0 spiro atoms. The molecule has 2 saturated heterocycles. The number of nitrogens with one attached hydrogen (secondary N) is 3. The summed E-state index contributed by atoms with van der Waals surface area (Å²) in [6, 6.07) is 12.4. The normalized spacial score (nSPS) is 19.2. The lowest BCUT2D eigenvalue weighted by atomic mass is 9.86. The molecule has 0 saturated carbocycles. The van der Waals surface area contributed by atoms with Crippen LogP contribution in [0.3, 0.4) is 0 Å². The van der Waals surface area contributed by atoms with Gasteiger partial charge in [-0.2, -0.15) is 15.1 Å². The van der Waals surface area contributed by atoms with Crippen molar-refractivity contribution in [3.05, 3.63) is 53.2 Å². The number of benzene rings is 2. The highest BCUT2D eigenvalue weighted by Gasteiger charge is 2.34. The summed E-state index contributed by atoms with van der Waals surface area (Å²) in [6.07, 6.45) is 2.69. The molecule has 0 amide bonds. The van der Waals surface area contributed by atoms with E-state index in [2.05, 4.69) is 65.3 Å². The lowest BCUT2D eigenvalue weighted by molar-refractivity contribution is 0.164. The summed E-state index contributed by atoms with van der Waals surface area (Å²) in [5.74, 6) is 3.53. The highest BCUT2D eigenvalue weighted by molar-refractivity contribution is 7.91. The zero-order chi connectivity index (χ0) is 34.2. The van der Waals surface area contributed by atoms with Gasteiger partial charge < -0.3 is 19.9 Å². The van der Waals surface area contributed by atoms with Crippen LogP contribution in [0.2, 0.25) is 0 Å². The number of aromatic amines is 1. The largest absolute Gasteiger partial charge is 0.489 e. The minimum Gasteiger partial charge on any atom is -0.489 e. The number of likely N-dealkylation sites (tertiary alicyclic amines) is 1. The number of aromatic nitrogens is 4. The maximum Gasteiger partial charge on any atom is 0.231 e. The highest BCUT2D eigenvalue weighted by Crippen LogP contribution is 2.43. The van der Waals surface area contributed by atoms with Crippen LogP contribution in [-0.2, 0) is 9.84 Å². The fourth-order valence-electron chi connectivity index (χ4n) is 6.60. The molecule has 11 nitrogen and oxygen atoms in total. The van der Waals surface area contributed by atoms with Gasteiger partial charge in [-0.1, -0.05) is 26.0 Å². The summed E-state index contributed by atoms with van der Waals surface area (Å²) < 4.78 is 36.9. The van der Waals surface area contributed by atoms with E-state index < -0.39 is 18.0 Å². The SMILES string of the molecule is Cc1cc(Nc2nc(Nc3ccccc3OP(C)C(C)C)c3c(C)[nH]nc3n2)c(OC(C)C)cc1C1CCN(C2CCS(=O)(=O)C2)CC1. The van der Waals surface area contributed by atoms with E-state index in [1.165, 1.54) is 5.56 Å². The predicted octanol–water partition coefficient (Wildman–Crippen LogP) is 7.42. The van der Waals surface area contributed by atoms with Crippen LogP contribution < -0.4 is 19.9 Å². The minimum absolute atomic E-state index is 0.0340. The first-order valence-electron chi connectivity index (χ1n) is 16.9. The van der Waals surface area contributed by atoms with Gasteiger partial charge in [0.05, 0.1) is 42.5 Å². The Morgan fingerprint density at radius 2 is 1.73 bits per heavy atom. The second-order valence-electron chi connectivity index (χ2n) is 13.7. The van der Waals surface area contributed by atoms with E-state index >= 15 is 0 Å². The number of rotatable bonds is 11. The summed E-state index contributed by atoms with van der Waals surface area (Å²) in [7, 11) is -3.54. The van der Waals surface area contributed by atoms with Gasteiger partial charge in [-0.25, -0.2) is 8.42 Å². The molecule has 0 bridgehead atoms. The Morgan fingerprint density at radius 1 is 0.979 bits per heavy atom. The van der Waals surface area contributed by atoms with Crippen molar-refractivity contribution in [3.8, 4) is 11.5 Å². The first-order chi connectivity index (χ1) is 22.9. The molecule has 48 heavy (non-hydrogen) atoms. The molecule has 0 aliphatic carbocycles. The molecular weight excluding hydrogens is 645 g/mol. The van der Waals surface area contributed by atoms with Crippen molar-refractivity contribution in [2.75, 3.05) is 41.9 Å². The molecular formula is C35H48N7O4PS. The van der Waals surface area contributed by atoms with Crippen LogP contribution in [0.1, 0.15) is 69.7 Å². The third kappa shape index (κ3) is 7.71. The molecule has 2 unspecified atom stereocenters. The Hall–Kier alpha value is -3.47. The monoisotopic (exact) mass is 693 g/mol. The van der Waals surface area contributed by atoms with E-state index in [0.29, 0.717) is 40.5 Å². The lowest BCUT2D eigenvalue weighted by Crippen LogP contribution is -2.41. The molecule has 2 aromatic heterocycles. The van der Waals surface area contributed by atoms with Gasteiger partial charge >= 0.3 is 0 Å². The Labute approximate surface area is 285 Å².